The summed E-state index contributed by atoms with van der Waals surface area (Å²) >= 11 is 4.92. The summed E-state index contributed by atoms with van der Waals surface area (Å²) in [7, 11) is 0. The van der Waals surface area contributed by atoms with Gasteiger partial charge in [0.15, 0.2) is 0 Å². The number of rotatable bonds is 3. The van der Waals surface area contributed by atoms with E-state index in [-0.39, 0.29) is 5.75 Å². The molecule has 0 aliphatic rings. The van der Waals surface area contributed by atoms with E-state index in [0.29, 0.717) is 21.8 Å². The Morgan fingerprint density at radius 3 is 2.48 bits per heavy atom. The predicted molar refractivity (Wildman–Crippen MR) is 86.3 cm³/mol. The topological polar surface area (TPSA) is 59.2 Å². The van der Waals surface area contributed by atoms with Crippen molar-refractivity contribution < 1.29 is 9.63 Å². The van der Waals surface area contributed by atoms with Crippen molar-refractivity contribution in [1.82, 2.24) is 10.1 Å². The van der Waals surface area contributed by atoms with Gasteiger partial charge in [0, 0.05) is 16.0 Å². The summed E-state index contributed by atoms with van der Waals surface area (Å²) in [6, 6.07) is 13.1. The molecule has 0 unspecified atom stereocenters. The fraction of sp³-hybridized carbons (Fsp3) is 0.0667. The highest BCUT2D eigenvalue weighted by atomic mass is 79.9. The molecule has 2 aromatic carbocycles. The minimum atomic E-state index is 0.136. The van der Waals surface area contributed by atoms with Gasteiger partial charge in [-0.05, 0) is 64.7 Å². The molecule has 0 bridgehead atoms. The van der Waals surface area contributed by atoms with E-state index in [1.54, 1.807) is 30.0 Å². The molecule has 0 aliphatic carbocycles. The Balaban J connectivity index is 1.93. The Morgan fingerprint density at radius 2 is 1.81 bits per heavy atom. The summed E-state index contributed by atoms with van der Waals surface area (Å²) in [5.41, 5.74) is 1.57. The number of aromatic hydroxyl groups is 1. The molecule has 4 nitrogen and oxygen atoms in total. The maximum Gasteiger partial charge on any atom is 0.258 e. The zero-order valence-corrected chi connectivity index (χ0v) is 13.5. The molecule has 0 saturated carbocycles. The van der Waals surface area contributed by atoms with Crippen molar-refractivity contribution in [3.63, 3.8) is 0 Å². The third kappa shape index (κ3) is 2.96. The molecule has 6 heteroatoms. The van der Waals surface area contributed by atoms with E-state index in [9.17, 15) is 5.11 Å². The van der Waals surface area contributed by atoms with E-state index in [2.05, 4.69) is 26.1 Å². The van der Waals surface area contributed by atoms with Gasteiger partial charge in [-0.3, -0.25) is 0 Å². The van der Waals surface area contributed by atoms with Crippen LogP contribution in [0.15, 0.2) is 56.4 Å². The second-order valence-corrected chi connectivity index (χ2v) is 6.05. The summed E-state index contributed by atoms with van der Waals surface area (Å²) < 4.78 is 5.89. The van der Waals surface area contributed by atoms with E-state index in [0.717, 1.165) is 5.56 Å². The third-order valence-electron chi connectivity index (χ3n) is 2.97. The van der Waals surface area contributed by atoms with Gasteiger partial charge in [0.25, 0.3) is 5.89 Å². The van der Waals surface area contributed by atoms with Gasteiger partial charge >= 0.3 is 0 Å². The quantitative estimate of drug-likeness (QED) is 0.690. The Morgan fingerprint density at radius 1 is 1.10 bits per heavy atom. The van der Waals surface area contributed by atoms with Crippen LogP contribution in [0.5, 0.6) is 5.75 Å². The van der Waals surface area contributed by atoms with E-state index in [1.165, 1.54) is 4.90 Å². The van der Waals surface area contributed by atoms with Crippen LogP contribution >= 0.6 is 27.7 Å². The van der Waals surface area contributed by atoms with Crippen LogP contribution in [-0.2, 0) is 0 Å². The largest absolute Gasteiger partial charge is 0.507 e. The zero-order valence-electron chi connectivity index (χ0n) is 11.1. The number of nitrogens with zero attached hydrogens (tertiary/aromatic N) is 2. The standard InChI is InChI=1S/C15H11BrN2O2S/c1-21-11-5-2-9(3-6-11)14-17-15(20-18-14)10-4-7-12(16)13(19)8-10/h2-8,19H,1H3. The average Bonchev–Trinajstić information content (AvgIpc) is 3.00. The maximum absolute atomic E-state index is 9.70. The van der Waals surface area contributed by atoms with E-state index < -0.39 is 0 Å². The first-order valence-electron chi connectivity index (χ1n) is 6.14. The van der Waals surface area contributed by atoms with Crippen molar-refractivity contribution in [3.8, 4) is 28.6 Å². The second-order valence-electron chi connectivity index (χ2n) is 4.32. The molecule has 1 heterocycles. The van der Waals surface area contributed by atoms with Gasteiger partial charge in [0.1, 0.15) is 5.75 Å². The highest BCUT2D eigenvalue weighted by Crippen LogP contribution is 2.30. The Bertz CT molecular complexity index is 772. The number of aromatic nitrogens is 2. The molecule has 106 valence electrons. The maximum atomic E-state index is 9.70. The van der Waals surface area contributed by atoms with Crippen molar-refractivity contribution in [2.24, 2.45) is 0 Å². The minimum Gasteiger partial charge on any atom is -0.507 e. The Hall–Kier alpha value is -1.79. The summed E-state index contributed by atoms with van der Waals surface area (Å²) in [6.45, 7) is 0. The molecule has 0 fully saturated rings. The molecule has 3 rings (SSSR count). The van der Waals surface area contributed by atoms with Crippen LogP contribution < -0.4 is 0 Å². The summed E-state index contributed by atoms with van der Waals surface area (Å²) in [4.78, 5) is 5.55. The minimum absolute atomic E-state index is 0.136. The van der Waals surface area contributed by atoms with Gasteiger partial charge in [-0.25, -0.2) is 0 Å². The highest BCUT2D eigenvalue weighted by molar-refractivity contribution is 9.10. The smallest absolute Gasteiger partial charge is 0.258 e. The Kier molecular flexibility index (Phi) is 3.98. The Labute approximate surface area is 134 Å². The lowest BCUT2D eigenvalue weighted by atomic mass is 10.2. The number of hydrogen-bond acceptors (Lipinski definition) is 5. The van der Waals surface area contributed by atoms with Crippen LogP contribution in [0.4, 0.5) is 0 Å². The van der Waals surface area contributed by atoms with Gasteiger partial charge in [-0.2, -0.15) is 4.98 Å². The molecule has 3 aromatic rings. The molecule has 1 aromatic heterocycles. The van der Waals surface area contributed by atoms with Gasteiger partial charge in [0.2, 0.25) is 5.82 Å². The first-order valence-corrected chi connectivity index (χ1v) is 8.16. The van der Waals surface area contributed by atoms with Crippen LogP contribution in [0.25, 0.3) is 22.8 Å². The second kappa shape index (κ2) is 5.91. The SMILES string of the molecule is CSc1ccc(-c2noc(-c3ccc(Br)c(O)c3)n2)cc1. The molecule has 1 N–H and O–H groups in total. The molecule has 0 saturated heterocycles. The van der Waals surface area contributed by atoms with Gasteiger partial charge < -0.3 is 9.63 Å². The number of phenolic OH excluding ortho intramolecular Hbond substituents is 1. The third-order valence-corrected chi connectivity index (χ3v) is 4.38. The zero-order chi connectivity index (χ0) is 14.8. The number of hydrogen-bond donors (Lipinski definition) is 1. The van der Waals surface area contributed by atoms with Crippen LogP contribution in [0.2, 0.25) is 0 Å². The molecule has 0 radical (unpaired) electrons. The highest BCUT2D eigenvalue weighted by Gasteiger charge is 2.12. The summed E-state index contributed by atoms with van der Waals surface area (Å²) in [6.07, 6.45) is 2.03. The van der Waals surface area contributed by atoms with E-state index >= 15 is 0 Å². The van der Waals surface area contributed by atoms with Crippen LogP contribution in [-0.4, -0.2) is 21.5 Å². The first kappa shape index (κ1) is 14.2. The predicted octanol–water partition coefficient (Wildman–Crippen LogP) is 4.59. The fourth-order valence-electron chi connectivity index (χ4n) is 1.84. The van der Waals surface area contributed by atoms with E-state index in [4.69, 9.17) is 4.52 Å². The molecule has 0 aliphatic heterocycles. The molecular weight excluding hydrogens is 352 g/mol. The lowest BCUT2D eigenvalue weighted by molar-refractivity contribution is 0.431. The van der Waals surface area contributed by atoms with Crippen LogP contribution in [0, 0.1) is 0 Å². The number of thioether (sulfide) groups is 1. The number of phenols is 1. The van der Waals surface area contributed by atoms with Crippen molar-refractivity contribution in [3.05, 3.63) is 46.9 Å². The monoisotopic (exact) mass is 362 g/mol. The lowest BCUT2D eigenvalue weighted by Crippen LogP contribution is -1.82. The molecule has 0 amide bonds. The molecular formula is C15H11BrN2O2S. The van der Waals surface area contributed by atoms with Crippen molar-refractivity contribution >= 4 is 27.7 Å². The molecule has 21 heavy (non-hydrogen) atoms. The molecule has 0 atom stereocenters. The number of benzene rings is 2. The van der Waals surface area contributed by atoms with Crippen molar-refractivity contribution in [2.75, 3.05) is 6.26 Å². The molecule has 0 spiro atoms. The van der Waals surface area contributed by atoms with Crippen LogP contribution in [0.1, 0.15) is 0 Å². The van der Waals surface area contributed by atoms with Crippen molar-refractivity contribution in [1.29, 1.82) is 0 Å². The van der Waals surface area contributed by atoms with E-state index in [1.807, 2.05) is 30.5 Å². The summed E-state index contributed by atoms with van der Waals surface area (Å²) in [5.74, 6) is 1.04. The van der Waals surface area contributed by atoms with Gasteiger partial charge in [-0.1, -0.05) is 5.16 Å². The number of halogens is 1. The van der Waals surface area contributed by atoms with Crippen molar-refractivity contribution in [2.45, 2.75) is 4.90 Å². The van der Waals surface area contributed by atoms with Gasteiger partial charge in [0.05, 0.1) is 4.47 Å². The van der Waals surface area contributed by atoms with Gasteiger partial charge in [-0.15, -0.1) is 11.8 Å². The summed E-state index contributed by atoms with van der Waals surface area (Å²) in [5, 5.41) is 13.7. The lowest BCUT2D eigenvalue weighted by Gasteiger charge is -1.98. The average molecular weight is 363 g/mol. The normalized spacial score (nSPS) is 10.8. The fourth-order valence-corrected chi connectivity index (χ4v) is 2.50. The first-order chi connectivity index (χ1) is 10.2. The van der Waals surface area contributed by atoms with Crippen LogP contribution in [0.3, 0.4) is 0 Å².